The Balaban J connectivity index is 1.71. The number of benzene rings is 2. The van der Waals surface area contributed by atoms with Gasteiger partial charge in [0.25, 0.3) is 0 Å². The molecule has 3 aromatic rings. The molecule has 3 rings (SSSR count). The van der Waals surface area contributed by atoms with E-state index < -0.39 is 0 Å². The van der Waals surface area contributed by atoms with Gasteiger partial charge in [-0.25, -0.2) is 9.37 Å². The average molecular weight is 364 g/mol. The second-order valence-corrected chi connectivity index (χ2v) is 6.08. The van der Waals surface area contributed by atoms with Crippen LogP contribution in [0.2, 0.25) is 0 Å². The van der Waals surface area contributed by atoms with Crippen LogP contribution in [0.15, 0.2) is 58.4 Å². The number of hydrogen-bond donors (Lipinski definition) is 0. The predicted octanol–water partition coefficient (Wildman–Crippen LogP) is 5.29. The van der Waals surface area contributed by atoms with Crippen LogP contribution in [0.25, 0.3) is 10.6 Å². The van der Waals surface area contributed by atoms with Gasteiger partial charge in [0.2, 0.25) is 0 Å². The molecular formula is C16H11BrFNOS. The third-order valence-electron chi connectivity index (χ3n) is 2.86. The van der Waals surface area contributed by atoms with Crippen LogP contribution < -0.4 is 4.74 Å². The maximum atomic E-state index is 12.9. The number of aromatic nitrogens is 1. The van der Waals surface area contributed by atoms with E-state index in [4.69, 9.17) is 4.74 Å². The Kier molecular flexibility index (Phi) is 4.31. The number of rotatable bonds is 4. The number of ether oxygens (including phenoxy) is 1. The Morgan fingerprint density at radius 3 is 2.62 bits per heavy atom. The summed E-state index contributed by atoms with van der Waals surface area (Å²) < 4.78 is 19.6. The molecule has 2 aromatic carbocycles. The zero-order valence-electron chi connectivity index (χ0n) is 10.9. The van der Waals surface area contributed by atoms with Crippen LogP contribution in [0.1, 0.15) is 5.69 Å². The number of hydrogen-bond acceptors (Lipinski definition) is 3. The van der Waals surface area contributed by atoms with Crippen LogP contribution in [0.4, 0.5) is 4.39 Å². The molecule has 0 radical (unpaired) electrons. The summed E-state index contributed by atoms with van der Waals surface area (Å²) in [7, 11) is 0. The van der Waals surface area contributed by atoms with Gasteiger partial charge in [0.15, 0.2) is 0 Å². The molecule has 0 unspecified atom stereocenters. The van der Waals surface area contributed by atoms with Crippen molar-refractivity contribution >= 4 is 27.3 Å². The van der Waals surface area contributed by atoms with Crippen molar-refractivity contribution in [2.24, 2.45) is 0 Å². The summed E-state index contributed by atoms with van der Waals surface area (Å²) in [6.45, 7) is 0.403. The Morgan fingerprint density at radius 2 is 1.86 bits per heavy atom. The Morgan fingerprint density at radius 1 is 1.10 bits per heavy atom. The van der Waals surface area contributed by atoms with Gasteiger partial charge in [0.1, 0.15) is 23.2 Å². The predicted molar refractivity (Wildman–Crippen MR) is 86.0 cm³/mol. The topological polar surface area (TPSA) is 22.1 Å². The van der Waals surface area contributed by atoms with Crippen molar-refractivity contribution in [1.29, 1.82) is 0 Å². The SMILES string of the molecule is Fc1ccc(-c2nc(COc3ccccc3Br)cs2)cc1. The first-order valence-corrected chi connectivity index (χ1v) is 7.97. The summed E-state index contributed by atoms with van der Waals surface area (Å²) >= 11 is 4.96. The molecule has 0 saturated carbocycles. The van der Waals surface area contributed by atoms with Crippen molar-refractivity contribution in [2.75, 3.05) is 0 Å². The third kappa shape index (κ3) is 3.49. The fourth-order valence-electron chi connectivity index (χ4n) is 1.81. The van der Waals surface area contributed by atoms with Crippen LogP contribution in [0.5, 0.6) is 5.75 Å². The Hall–Kier alpha value is -1.72. The highest BCUT2D eigenvalue weighted by atomic mass is 79.9. The average Bonchev–Trinajstić information content (AvgIpc) is 2.96. The lowest BCUT2D eigenvalue weighted by Crippen LogP contribution is -1.96. The molecule has 0 spiro atoms. The minimum atomic E-state index is -0.243. The third-order valence-corrected chi connectivity index (χ3v) is 4.45. The molecule has 106 valence electrons. The molecule has 0 amide bonds. The van der Waals surface area contributed by atoms with Gasteiger partial charge in [-0.3, -0.25) is 0 Å². The van der Waals surface area contributed by atoms with Gasteiger partial charge in [0, 0.05) is 10.9 Å². The highest BCUT2D eigenvalue weighted by Gasteiger charge is 2.06. The van der Waals surface area contributed by atoms with Crippen molar-refractivity contribution in [3.05, 3.63) is 69.9 Å². The van der Waals surface area contributed by atoms with Crippen LogP contribution >= 0.6 is 27.3 Å². The molecule has 0 bridgehead atoms. The minimum Gasteiger partial charge on any atom is -0.486 e. The number of para-hydroxylation sites is 1. The van der Waals surface area contributed by atoms with E-state index in [1.165, 1.54) is 23.5 Å². The van der Waals surface area contributed by atoms with Crippen LogP contribution in [-0.2, 0) is 6.61 Å². The number of nitrogens with zero attached hydrogens (tertiary/aromatic N) is 1. The number of halogens is 2. The molecule has 0 aliphatic carbocycles. The maximum absolute atomic E-state index is 12.9. The fraction of sp³-hybridized carbons (Fsp3) is 0.0625. The minimum absolute atomic E-state index is 0.243. The van der Waals surface area contributed by atoms with E-state index in [2.05, 4.69) is 20.9 Å². The molecule has 5 heteroatoms. The molecular weight excluding hydrogens is 353 g/mol. The smallest absolute Gasteiger partial charge is 0.134 e. The molecule has 1 heterocycles. The van der Waals surface area contributed by atoms with Gasteiger partial charge >= 0.3 is 0 Å². The van der Waals surface area contributed by atoms with E-state index >= 15 is 0 Å². The summed E-state index contributed by atoms with van der Waals surface area (Å²) in [6, 6.07) is 14.0. The zero-order valence-corrected chi connectivity index (χ0v) is 13.3. The first-order valence-electron chi connectivity index (χ1n) is 6.30. The van der Waals surface area contributed by atoms with Crippen molar-refractivity contribution in [1.82, 2.24) is 4.98 Å². The van der Waals surface area contributed by atoms with Crippen LogP contribution in [0, 0.1) is 5.82 Å². The zero-order chi connectivity index (χ0) is 14.7. The van der Waals surface area contributed by atoms with Gasteiger partial charge in [0.05, 0.1) is 10.2 Å². The lowest BCUT2D eigenvalue weighted by atomic mass is 10.2. The second-order valence-electron chi connectivity index (χ2n) is 4.37. The molecule has 0 N–H and O–H groups in total. The second kappa shape index (κ2) is 6.37. The van der Waals surface area contributed by atoms with Gasteiger partial charge in [-0.15, -0.1) is 11.3 Å². The van der Waals surface area contributed by atoms with Gasteiger partial charge < -0.3 is 4.74 Å². The molecule has 21 heavy (non-hydrogen) atoms. The first-order chi connectivity index (χ1) is 10.2. The summed E-state index contributed by atoms with van der Waals surface area (Å²) in [4.78, 5) is 4.51. The van der Waals surface area contributed by atoms with E-state index in [1.54, 1.807) is 12.1 Å². The molecule has 0 aliphatic heterocycles. The quantitative estimate of drug-likeness (QED) is 0.628. The molecule has 0 saturated heterocycles. The number of thiazole rings is 1. The normalized spacial score (nSPS) is 10.6. The molecule has 2 nitrogen and oxygen atoms in total. The van der Waals surface area contributed by atoms with Crippen LogP contribution in [-0.4, -0.2) is 4.98 Å². The monoisotopic (exact) mass is 363 g/mol. The summed E-state index contributed by atoms with van der Waals surface area (Å²) in [6.07, 6.45) is 0. The van der Waals surface area contributed by atoms with Gasteiger partial charge in [-0.1, -0.05) is 12.1 Å². The van der Waals surface area contributed by atoms with E-state index in [1.807, 2.05) is 29.6 Å². The fourth-order valence-corrected chi connectivity index (χ4v) is 3.02. The lowest BCUT2D eigenvalue weighted by Gasteiger charge is -2.05. The summed E-state index contributed by atoms with van der Waals surface area (Å²) in [5.41, 5.74) is 1.77. The van der Waals surface area contributed by atoms with Crippen LogP contribution in [0.3, 0.4) is 0 Å². The van der Waals surface area contributed by atoms with Crippen molar-refractivity contribution in [2.45, 2.75) is 6.61 Å². The molecule has 1 aromatic heterocycles. The van der Waals surface area contributed by atoms with Crippen molar-refractivity contribution < 1.29 is 9.13 Å². The van der Waals surface area contributed by atoms with E-state index in [0.29, 0.717) is 6.61 Å². The highest BCUT2D eigenvalue weighted by Crippen LogP contribution is 2.27. The van der Waals surface area contributed by atoms with Crippen molar-refractivity contribution in [3.63, 3.8) is 0 Å². The van der Waals surface area contributed by atoms with E-state index in [-0.39, 0.29) is 5.82 Å². The standard InChI is InChI=1S/C16H11BrFNOS/c17-14-3-1-2-4-15(14)20-9-13-10-21-16(19-13)11-5-7-12(18)8-6-11/h1-8,10H,9H2. The highest BCUT2D eigenvalue weighted by molar-refractivity contribution is 9.10. The Bertz CT molecular complexity index is 742. The molecule has 0 fully saturated rings. The largest absolute Gasteiger partial charge is 0.486 e. The van der Waals surface area contributed by atoms with E-state index in [9.17, 15) is 4.39 Å². The van der Waals surface area contributed by atoms with Gasteiger partial charge in [-0.05, 0) is 52.3 Å². The lowest BCUT2D eigenvalue weighted by molar-refractivity contribution is 0.300. The summed E-state index contributed by atoms with van der Waals surface area (Å²) in [5.74, 6) is 0.543. The van der Waals surface area contributed by atoms with E-state index in [0.717, 1.165) is 26.5 Å². The molecule has 0 atom stereocenters. The first kappa shape index (κ1) is 14.2. The Labute approximate surface area is 134 Å². The van der Waals surface area contributed by atoms with Gasteiger partial charge in [-0.2, -0.15) is 0 Å². The molecule has 0 aliphatic rings. The summed E-state index contributed by atoms with van der Waals surface area (Å²) in [5, 5.41) is 2.82. The van der Waals surface area contributed by atoms with Crippen molar-refractivity contribution in [3.8, 4) is 16.3 Å². The maximum Gasteiger partial charge on any atom is 0.134 e.